The van der Waals surface area contributed by atoms with Gasteiger partial charge in [0, 0.05) is 22.5 Å². The zero-order chi connectivity index (χ0) is 16.8. The van der Waals surface area contributed by atoms with Crippen molar-refractivity contribution < 1.29 is 14.3 Å². The summed E-state index contributed by atoms with van der Waals surface area (Å²) in [6.07, 6.45) is 2.19. The highest BCUT2D eigenvalue weighted by atomic mass is 79.9. The first-order valence-electron chi connectivity index (χ1n) is 7.78. The van der Waals surface area contributed by atoms with E-state index in [0.29, 0.717) is 5.92 Å². The molecule has 1 amide bonds. The van der Waals surface area contributed by atoms with E-state index < -0.39 is 0 Å². The van der Waals surface area contributed by atoms with Crippen molar-refractivity contribution >= 4 is 39.6 Å². The molecule has 126 valence electrons. The fourth-order valence-corrected chi connectivity index (χ4v) is 3.89. The summed E-state index contributed by atoms with van der Waals surface area (Å²) >= 11 is 4.85. The zero-order valence-electron chi connectivity index (χ0n) is 13.5. The van der Waals surface area contributed by atoms with E-state index in [1.807, 2.05) is 25.1 Å². The van der Waals surface area contributed by atoms with Gasteiger partial charge in [-0.3, -0.25) is 9.59 Å². The Morgan fingerprint density at radius 1 is 1.43 bits per heavy atom. The van der Waals surface area contributed by atoms with Gasteiger partial charge < -0.3 is 9.64 Å². The normalized spacial score (nSPS) is 17.9. The van der Waals surface area contributed by atoms with Crippen LogP contribution in [0.4, 0.5) is 0 Å². The number of hydrogen-bond donors (Lipinski definition) is 0. The topological polar surface area (TPSA) is 46.6 Å². The fraction of sp³-hybridized carbons (Fsp3) is 0.529. The number of thioether (sulfide) groups is 1. The summed E-state index contributed by atoms with van der Waals surface area (Å²) in [7, 11) is 0. The van der Waals surface area contributed by atoms with Crippen LogP contribution in [0.1, 0.15) is 25.3 Å². The molecule has 1 fully saturated rings. The zero-order valence-corrected chi connectivity index (χ0v) is 15.9. The third-order valence-electron chi connectivity index (χ3n) is 3.85. The molecule has 23 heavy (non-hydrogen) atoms. The summed E-state index contributed by atoms with van der Waals surface area (Å²) in [4.78, 5) is 26.7. The number of nitrogens with zero attached hydrogens (tertiary/aromatic N) is 1. The summed E-state index contributed by atoms with van der Waals surface area (Å²) in [5, 5.41) is 0. The predicted octanol–water partition coefficient (Wildman–Crippen LogP) is 3.65. The van der Waals surface area contributed by atoms with Crippen LogP contribution < -0.4 is 0 Å². The standard InChI is InChI=1S/C17H22BrNO3S/c1-12-4-3-7-19(9-12)16(20)10-22-17(21)11-23-15-6-5-14(18)8-13(15)2/h5-6,8,12H,3-4,7,9-11H2,1-2H3. The Morgan fingerprint density at radius 2 is 2.22 bits per heavy atom. The number of piperidine rings is 1. The number of esters is 1. The summed E-state index contributed by atoms with van der Waals surface area (Å²) in [5.74, 6) is 0.302. The van der Waals surface area contributed by atoms with E-state index >= 15 is 0 Å². The van der Waals surface area contributed by atoms with E-state index in [0.717, 1.165) is 40.9 Å². The van der Waals surface area contributed by atoms with Crippen LogP contribution in [0.5, 0.6) is 0 Å². The number of aryl methyl sites for hydroxylation is 1. The first-order valence-corrected chi connectivity index (χ1v) is 9.56. The van der Waals surface area contributed by atoms with Gasteiger partial charge in [-0.2, -0.15) is 0 Å². The van der Waals surface area contributed by atoms with Crippen LogP contribution in [0.25, 0.3) is 0 Å². The molecule has 0 saturated carbocycles. The van der Waals surface area contributed by atoms with Crippen molar-refractivity contribution in [2.75, 3.05) is 25.4 Å². The van der Waals surface area contributed by atoms with Crippen LogP contribution in [-0.4, -0.2) is 42.2 Å². The van der Waals surface area contributed by atoms with Crippen LogP contribution in [0.2, 0.25) is 0 Å². The Bertz CT molecular complexity index is 579. The number of likely N-dealkylation sites (tertiary alicyclic amines) is 1. The quantitative estimate of drug-likeness (QED) is 0.559. The van der Waals surface area contributed by atoms with Crippen LogP contribution in [0.15, 0.2) is 27.6 Å². The Morgan fingerprint density at radius 3 is 2.91 bits per heavy atom. The molecule has 1 aromatic rings. The van der Waals surface area contributed by atoms with Gasteiger partial charge in [-0.25, -0.2) is 0 Å². The minimum Gasteiger partial charge on any atom is -0.455 e. The van der Waals surface area contributed by atoms with E-state index in [4.69, 9.17) is 4.74 Å². The lowest BCUT2D eigenvalue weighted by molar-refractivity contribution is -0.150. The fourth-order valence-electron chi connectivity index (χ4n) is 2.60. The number of hydrogen-bond acceptors (Lipinski definition) is 4. The second kappa shape index (κ2) is 8.73. The molecule has 1 unspecified atom stereocenters. The number of carbonyl (C=O) groups excluding carboxylic acids is 2. The van der Waals surface area contributed by atoms with Gasteiger partial charge in [-0.1, -0.05) is 22.9 Å². The van der Waals surface area contributed by atoms with Crippen molar-refractivity contribution in [3.8, 4) is 0 Å². The molecule has 1 saturated heterocycles. The van der Waals surface area contributed by atoms with Crippen LogP contribution in [-0.2, 0) is 14.3 Å². The number of amides is 1. The molecular formula is C17H22BrNO3S. The summed E-state index contributed by atoms with van der Waals surface area (Å²) in [6.45, 7) is 5.53. The molecule has 1 atom stereocenters. The van der Waals surface area contributed by atoms with E-state index in [1.54, 1.807) is 4.90 Å². The Kier molecular flexibility index (Phi) is 6.96. The number of carbonyl (C=O) groups is 2. The van der Waals surface area contributed by atoms with E-state index in [9.17, 15) is 9.59 Å². The van der Waals surface area contributed by atoms with Gasteiger partial charge >= 0.3 is 5.97 Å². The number of rotatable bonds is 5. The lowest BCUT2D eigenvalue weighted by atomic mass is 10.0. The van der Waals surface area contributed by atoms with Crippen molar-refractivity contribution in [2.45, 2.75) is 31.6 Å². The first-order chi connectivity index (χ1) is 11.0. The monoisotopic (exact) mass is 399 g/mol. The Labute approximate surface area is 150 Å². The number of benzene rings is 1. The Balaban J connectivity index is 1.73. The highest BCUT2D eigenvalue weighted by molar-refractivity contribution is 9.10. The maximum Gasteiger partial charge on any atom is 0.316 e. The van der Waals surface area contributed by atoms with E-state index in [-0.39, 0.29) is 24.2 Å². The van der Waals surface area contributed by atoms with Crippen molar-refractivity contribution in [2.24, 2.45) is 5.92 Å². The summed E-state index contributed by atoms with van der Waals surface area (Å²) in [6, 6.07) is 5.92. The van der Waals surface area contributed by atoms with Crippen molar-refractivity contribution in [1.29, 1.82) is 0 Å². The molecule has 1 aromatic carbocycles. The first kappa shape index (κ1) is 18.3. The van der Waals surface area contributed by atoms with E-state index in [2.05, 4.69) is 22.9 Å². The molecule has 6 heteroatoms. The van der Waals surface area contributed by atoms with Crippen LogP contribution in [0.3, 0.4) is 0 Å². The molecule has 2 rings (SSSR count). The van der Waals surface area contributed by atoms with Gasteiger partial charge in [0.05, 0.1) is 5.75 Å². The van der Waals surface area contributed by atoms with Crippen molar-refractivity contribution in [1.82, 2.24) is 4.90 Å². The molecule has 0 N–H and O–H groups in total. The molecule has 0 radical (unpaired) electrons. The third kappa shape index (κ3) is 5.84. The number of halogens is 1. The maximum absolute atomic E-state index is 12.1. The summed E-state index contributed by atoms with van der Waals surface area (Å²) in [5.41, 5.74) is 1.11. The second-order valence-corrected chi connectivity index (χ2v) is 7.88. The van der Waals surface area contributed by atoms with Gasteiger partial charge in [0.15, 0.2) is 6.61 Å². The molecule has 1 aliphatic rings. The molecular weight excluding hydrogens is 378 g/mol. The molecule has 0 aliphatic carbocycles. The molecule has 4 nitrogen and oxygen atoms in total. The van der Waals surface area contributed by atoms with Gasteiger partial charge in [0.25, 0.3) is 5.91 Å². The maximum atomic E-state index is 12.1. The number of ether oxygens (including phenoxy) is 1. The lowest BCUT2D eigenvalue weighted by Crippen LogP contribution is -2.41. The highest BCUT2D eigenvalue weighted by Crippen LogP contribution is 2.25. The summed E-state index contributed by atoms with van der Waals surface area (Å²) < 4.78 is 6.13. The highest BCUT2D eigenvalue weighted by Gasteiger charge is 2.21. The predicted molar refractivity (Wildman–Crippen MR) is 95.5 cm³/mol. The van der Waals surface area contributed by atoms with E-state index in [1.165, 1.54) is 11.8 Å². The molecule has 0 spiro atoms. The molecule has 1 heterocycles. The third-order valence-corrected chi connectivity index (χ3v) is 5.49. The molecule has 0 aromatic heterocycles. The van der Waals surface area contributed by atoms with Gasteiger partial charge in [0.1, 0.15) is 0 Å². The average Bonchev–Trinajstić information content (AvgIpc) is 2.51. The second-order valence-electron chi connectivity index (χ2n) is 5.95. The molecule has 0 bridgehead atoms. The SMILES string of the molecule is Cc1cc(Br)ccc1SCC(=O)OCC(=O)N1CCCC(C)C1. The lowest BCUT2D eigenvalue weighted by Gasteiger charge is -2.30. The largest absolute Gasteiger partial charge is 0.455 e. The van der Waals surface area contributed by atoms with Gasteiger partial charge in [-0.05, 0) is 49.4 Å². The van der Waals surface area contributed by atoms with Crippen molar-refractivity contribution in [3.63, 3.8) is 0 Å². The van der Waals surface area contributed by atoms with Gasteiger partial charge in [0.2, 0.25) is 0 Å². The van der Waals surface area contributed by atoms with Crippen LogP contribution in [0, 0.1) is 12.8 Å². The Hall–Kier alpha value is -1.01. The van der Waals surface area contributed by atoms with Gasteiger partial charge in [-0.15, -0.1) is 11.8 Å². The minimum absolute atomic E-state index is 0.0882. The smallest absolute Gasteiger partial charge is 0.316 e. The van der Waals surface area contributed by atoms with Crippen molar-refractivity contribution in [3.05, 3.63) is 28.2 Å². The molecule has 1 aliphatic heterocycles. The minimum atomic E-state index is -0.351. The van der Waals surface area contributed by atoms with Crippen LogP contribution >= 0.6 is 27.7 Å². The average molecular weight is 400 g/mol.